The third-order valence-corrected chi connectivity index (χ3v) is 7.84. The number of carbonyl (C=O) groups is 2. The molecule has 35 heavy (non-hydrogen) atoms. The van der Waals surface area contributed by atoms with E-state index in [0.29, 0.717) is 17.0 Å². The first-order valence-corrected chi connectivity index (χ1v) is 13.1. The monoisotopic (exact) mass is 482 g/mol. The van der Waals surface area contributed by atoms with Crippen LogP contribution in [0.5, 0.6) is 0 Å². The zero-order valence-corrected chi connectivity index (χ0v) is 21.1. The Morgan fingerprint density at radius 3 is 2.46 bits per heavy atom. The van der Waals surface area contributed by atoms with Crippen LogP contribution in [0.3, 0.4) is 0 Å². The lowest BCUT2D eigenvalue weighted by molar-refractivity contribution is -0.114. The summed E-state index contributed by atoms with van der Waals surface area (Å²) in [5.74, 6) is 0.101. The van der Waals surface area contributed by atoms with E-state index >= 15 is 0 Å². The molecule has 1 fully saturated rings. The SMILES string of the molecule is Cc1ccc(C)c(CN2C(=O)/C(=C/c3ccc(C(=O)N4CCCCC4)cc3)Sc3ccccc32)c1. The molecule has 0 bridgehead atoms. The summed E-state index contributed by atoms with van der Waals surface area (Å²) in [5.41, 5.74) is 6.09. The summed E-state index contributed by atoms with van der Waals surface area (Å²) in [4.78, 5) is 32.0. The summed E-state index contributed by atoms with van der Waals surface area (Å²) in [6.07, 6.45) is 5.30. The summed E-state index contributed by atoms with van der Waals surface area (Å²) in [7, 11) is 0. The minimum Gasteiger partial charge on any atom is -0.339 e. The molecule has 178 valence electrons. The first-order valence-electron chi connectivity index (χ1n) is 12.3. The predicted octanol–water partition coefficient (Wildman–Crippen LogP) is 6.61. The second-order valence-electron chi connectivity index (χ2n) is 9.37. The first-order chi connectivity index (χ1) is 17.0. The van der Waals surface area contributed by atoms with Crippen LogP contribution in [0.15, 0.2) is 76.5 Å². The number of benzene rings is 3. The van der Waals surface area contributed by atoms with Crippen LogP contribution in [0.1, 0.15) is 51.9 Å². The number of aryl methyl sites for hydroxylation is 2. The summed E-state index contributed by atoms with van der Waals surface area (Å²) in [6, 6.07) is 22.1. The number of amides is 2. The molecule has 1 saturated heterocycles. The fourth-order valence-corrected chi connectivity index (χ4v) is 5.77. The highest BCUT2D eigenvalue weighted by Gasteiger charge is 2.29. The van der Waals surface area contributed by atoms with Gasteiger partial charge in [0.2, 0.25) is 0 Å². The van der Waals surface area contributed by atoms with Crippen molar-refractivity contribution in [3.8, 4) is 0 Å². The summed E-state index contributed by atoms with van der Waals surface area (Å²) < 4.78 is 0. The van der Waals surface area contributed by atoms with Crippen LogP contribution in [0.4, 0.5) is 5.69 Å². The molecule has 5 heteroatoms. The maximum absolute atomic E-state index is 13.7. The highest BCUT2D eigenvalue weighted by Crippen LogP contribution is 2.42. The number of thioether (sulfide) groups is 1. The van der Waals surface area contributed by atoms with Gasteiger partial charge in [0.1, 0.15) is 0 Å². The minimum atomic E-state index is 0.00285. The van der Waals surface area contributed by atoms with Crippen LogP contribution < -0.4 is 4.90 Å². The molecule has 0 N–H and O–H groups in total. The van der Waals surface area contributed by atoms with E-state index in [1.807, 2.05) is 58.3 Å². The number of nitrogens with zero attached hydrogens (tertiary/aromatic N) is 2. The van der Waals surface area contributed by atoms with E-state index in [1.54, 1.807) is 0 Å². The van der Waals surface area contributed by atoms with Gasteiger partial charge in [-0.1, -0.05) is 59.8 Å². The molecule has 0 saturated carbocycles. The average Bonchev–Trinajstić information content (AvgIpc) is 2.89. The smallest absolute Gasteiger partial charge is 0.265 e. The van der Waals surface area contributed by atoms with Crippen LogP contribution in [0.2, 0.25) is 0 Å². The van der Waals surface area contributed by atoms with Crippen LogP contribution in [0.25, 0.3) is 6.08 Å². The molecule has 5 rings (SSSR count). The lowest BCUT2D eigenvalue weighted by atomic mass is 10.0. The normalized spacial score (nSPS) is 17.0. The zero-order chi connectivity index (χ0) is 24.4. The Morgan fingerprint density at radius 2 is 1.69 bits per heavy atom. The highest BCUT2D eigenvalue weighted by atomic mass is 32.2. The molecule has 0 atom stereocenters. The van der Waals surface area contributed by atoms with Crippen LogP contribution in [-0.4, -0.2) is 29.8 Å². The molecule has 3 aromatic rings. The van der Waals surface area contributed by atoms with Crippen molar-refractivity contribution in [1.29, 1.82) is 0 Å². The van der Waals surface area contributed by atoms with Gasteiger partial charge in [0.25, 0.3) is 11.8 Å². The van der Waals surface area contributed by atoms with Gasteiger partial charge in [0.15, 0.2) is 0 Å². The molecule has 0 spiro atoms. The van der Waals surface area contributed by atoms with Crippen molar-refractivity contribution in [3.63, 3.8) is 0 Å². The van der Waals surface area contributed by atoms with Gasteiger partial charge in [-0.05, 0) is 80.1 Å². The first kappa shape index (κ1) is 23.4. The predicted molar refractivity (Wildman–Crippen MR) is 144 cm³/mol. The van der Waals surface area contributed by atoms with Gasteiger partial charge in [-0.2, -0.15) is 0 Å². The molecule has 0 aromatic heterocycles. The maximum atomic E-state index is 13.7. The van der Waals surface area contributed by atoms with E-state index in [-0.39, 0.29) is 11.8 Å². The van der Waals surface area contributed by atoms with E-state index in [0.717, 1.165) is 47.6 Å². The van der Waals surface area contributed by atoms with E-state index in [1.165, 1.54) is 29.3 Å². The van der Waals surface area contributed by atoms with Crippen LogP contribution >= 0.6 is 11.8 Å². The number of piperidine rings is 1. The third kappa shape index (κ3) is 5.06. The van der Waals surface area contributed by atoms with Gasteiger partial charge in [-0.15, -0.1) is 0 Å². The van der Waals surface area contributed by atoms with Crippen molar-refractivity contribution in [2.75, 3.05) is 18.0 Å². The Balaban J connectivity index is 1.42. The molecule has 4 nitrogen and oxygen atoms in total. The Kier molecular flexibility index (Phi) is 6.78. The van der Waals surface area contributed by atoms with E-state index in [9.17, 15) is 9.59 Å². The Hall–Kier alpha value is -3.31. The number of carbonyl (C=O) groups excluding carboxylic acids is 2. The quantitative estimate of drug-likeness (QED) is 0.393. The second kappa shape index (κ2) is 10.1. The number of para-hydroxylation sites is 1. The van der Waals surface area contributed by atoms with Gasteiger partial charge in [-0.25, -0.2) is 0 Å². The van der Waals surface area contributed by atoms with E-state index in [2.05, 4.69) is 38.1 Å². The molecule has 2 aliphatic rings. The molecular formula is C30H30N2O2S. The van der Waals surface area contributed by atoms with Crippen molar-refractivity contribution in [1.82, 2.24) is 4.90 Å². The average molecular weight is 483 g/mol. The molecule has 2 aliphatic heterocycles. The minimum absolute atomic E-state index is 0.00285. The van der Waals surface area contributed by atoms with E-state index < -0.39 is 0 Å². The van der Waals surface area contributed by atoms with E-state index in [4.69, 9.17) is 0 Å². The lowest BCUT2D eigenvalue weighted by Crippen LogP contribution is -2.35. The van der Waals surface area contributed by atoms with Crippen molar-refractivity contribution in [2.45, 2.75) is 44.6 Å². The lowest BCUT2D eigenvalue weighted by Gasteiger charge is -2.31. The van der Waals surface area contributed by atoms with Gasteiger partial charge in [0.05, 0.1) is 17.1 Å². The standard InChI is InChI=1S/C30H30N2O2S/c1-21-10-11-22(2)25(18-21)20-32-26-8-4-5-9-27(26)35-28(30(32)34)19-23-12-14-24(15-13-23)29(33)31-16-6-3-7-17-31/h4-5,8-15,18-19H,3,6-7,16-17,20H2,1-2H3/b28-19-. The maximum Gasteiger partial charge on any atom is 0.265 e. The van der Waals surface area contributed by atoms with Crippen molar-refractivity contribution in [2.24, 2.45) is 0 Å². The van der Waals surface area contributed by atoms with Crippen LogP contribution in [0, 0.1) is 13.8 Å². The topological polar surface area (TPSA) is 40.6 Å². The number of hydrogen-bond acceptors (Lipinski definition) is 3. The van der Waals surface area contributed by atoms with Gasteiger partial charge in [-0.3, -0.25) is 9.59 Å². The zero-order valence-electron chi connectivity index (χ0n) is 20.3. The number of anilines is 1. The highest BCUT2D eigenvalue weighted by molar-refractivity contribution is 8.04. The molecular weight excluding hydrogens is 452 g/mol. The third-order valence-electron chi connectivity index (χ3n) is 6.76. The number of rotatable bonds is 4. The molecule has 2 amide bonds. The number of likely N-dealkylation sites (tertiary alicyclic amines) is 1. The van der Waals surface area contributed by atoms with Crippen molar-refractivity contribution < 1.29 is 9.59 Å². The summed E-state index contributed by atoms with van der Waals surface area (Å²) in [5, 5.41) is 0. The Bertz CT molecular complexity index is 1290. The Morgan fingerprint density at radius 1 is 0.943 bits per heavy atom. The number of fused-ring (bicyclic) bond motifs is 1. The van der Waals surface area contributed by atoms with Gasteiger partial charge in [0, 0.05) is 23.5 Å². The van der Waals surface area contributed by atoms with Crippen molar-refractivity contribution >= 4 is 35.3 Å². The number of hydrogen-bond donors (Lipinski definition) is 0. The second-order valence-corrected chi connectivity index (χ2v) is 10.5. The molecule has 2 heterocycles. The van der Waals surface area contributed by atoms with Crippen molar-refractivity contribution in [3.05, 3.63) is 99.5 Å². The Labute approximate surface area is 211 Å². The van der Waals surface area contributed by atoms with Gasteiger partial charge >= 0.3 is 0 Å². The largest absolute Gasteiger partial charge is 0.339 e. The fourth-order valence-electron chi connectivity index (χ4n) is 4.71. The van der Waals surface area contributed by atoms with Gasteiger partial charge < -0.3 is 9.80 Å². The molecule has 0 radical (unpaired) electrons. The molecule has 0 aliphatic carbocycles. The molecule has 0 unspecified atom stereocenters. The van der Waals surface area contributed by atoms with Crippen LogP contribution in [-0.2, 0) is 11.3 Å². The summed E-state index contributed by atoms with van der Waals surface area (Å²) >= 11 is 1.51. The fraction of sp³-hybridized carbons (Fsp3) is 0.267. The summed E-state index contributed by atoms with van der Waals surface area (Å²) in [6.45, 7) is 6.38. The molecule has 3 aromatic carbocycles.